The topological polar surface area (TPSA) is 83.6 Å². The summed E-state index contributed by atoms with van der Waals surface area (Å²) in [5.41, 5.74) is -0.501. The Hall–Kier alpha value is -3.12. The standard InChI is InChI=1S/C17H15F6N5O2/c18-11-6-13(20)12(19)4-9(11)3-10(26-30)5-16(29)27-1-2-28-14(7-17(21,22)23)24-25-15(28)8-27/h4,6,30H,1-3,5,7-8H2/b26-10-. The van der Waals surface area contributed by atoms with Crippen molar-refractivity contribution in [2.75, 3.05) is 6.54 Å². The van der Waals surface area contributed by atoms with Crippen molar-refractivity contribution in [2.24, 2.45) is 5.16 Å². The van der Waals surface area contributed by atoms with E-state index >= 15 is 0 Å². The lowest BCUT2D eigenvalue weighted by Crippen LogP contribution is -2.40. The molecule has 2 heterocycles. The molecule has 7 nitrogen and oxygen atoms in total. The Labute approximate surface area is 165 Å². The molecule has 0 bridgehead atoms. The fraction of sp³-hybridized carbons (Fsp3) is 0.412. The number of benzene rings is 1. The number of amides is 1. The van der Waals surface area contributed by atoms with Crippen LogP contribution in [-0.2, 0) is 30.7 Å². The second-order valence-electron chi connectivity index (χ2n) is 6.67. The van der Waals surface area contributed by atoms with Crippen LogP contribution in [0.3, 0.4) is 0 Å². The highest BCUT2D eigenvalue weighted by Crippen LogP contribution is 2.23. The van der Waals surface area contributed by atoms with E-state index in [0.29, 0.717) is 12.1 Å². The van der Waals surface area contributed by atoms with Gasteiger partial charge in [0.15, 0.2) is 17.5 Å². The average Bonchev–Trinajstić information content (AvgIpc) is 3.05. The van der Waals surface area contributed by atoms with Crippen LogP contribution in [0.4, 0.5) is 26.3 Å². The molecule has 13 heteroatoms. The molecule has 30 heavy (non-hydrogen) atoms. The fourth-order valence-corrected chi connectivity index (χ4v) is 3.08. The summed E-state index contributed by atoms with van der Waals surface area (Å²) in [5, 5.41) is 19.2. The fourth-order valence-electron chi connectivity index (χ4n) is 3.08. The molecule has 1 aromatic heterocycles. The molecule has 162 valence electrons. The number of hydrogen-bond acceptors (Lipinski definition) is 5. The Morgan fingerprint density at radius 3 is 2.47 bits per heavy atom. The summed E-state index contributed by atoms with van der Waals surface area (Å²) in [6, 6.07) is 0.948. The van der Waals surface area contributed by atoms with Gasteiger partial charge in [-0.05, 0) is 11.6 Å². The number of carbonyl (C=O) groups excluding carboxylic acids is 1. The van der Waals surface area contributed by atoms with Gasteiger partial charge in [-0.3, -0.25) is 4.79 Å². The molecule has 1 aliphatic rings. The lowest BCUT2D eigenvalue weighted by atomic mass is 10.0. The second kappa shape index (κ2) is 8.32. The van der Waals surface area contributed by atoms with Crippen molar-refractivity contribution in [1.29, 1.82) is 0 Å². The van der Waals surface area contributed by atoms with Gasteiger partial charge >= 0.3 is 6.18 Å². The van der Waals surface area contributed by atoms with Crippen LogP contribution in [0.25, 0.3) is 0 Å². The van der Waals surface area contributed by atoms with Gasteiger partial charge in [-0.15, -0.1) is 10.2 Å². The maximum absolute atomic E-state index is 13.8. The average molecular weight is 435 g/mol. The molecule has 0 spiro atoms. The molecule has 0 atom stereocenters. The van der Waals surface area contributed by atoms with Gasteiger partial charge in [0, 0.05) is 25.6 Å². The van der Waals surface area contributed by atoms with E-state index in [1.807, 2.05) is 0 Å². The lowest BCUT2D eigenvalue weighted by molar-refractivity contribution is -0.132. The third-order valence-electron chi connectivity index (χ3n) is 4.52. The zero-order valence-corrected chi connectivity index (χ0v) is 15.3. The van der Waals surface area contributed by atoms with Crippen LogP contribution in [0.2, 0.25) is 0 Å². The van der Waals surface area contributed by atoms with E-state index in [0.717, 1.165) is 0 Å². The zero-order chi connectivity index (χ0) is 22.1. The Bertz CT molecular complexity index is 988. The Morgan fingerprint density at radius 2 is 1.80 bits per heavy atom. The first kappa shape index (κ1) is 21.6. The summed E-state index contributed by atoms with van der Waals surface area (Å²) in [4.78, 5) is 13.7. The van der Waals surface area contributed by atoms with Crippen LogP contribution in [0.1, 0.15) is 23.6 Å². The van der Waals surface area contributed by atoms with E-state index in [4.69, 9.17) is 5.21 Å². The molecule has 0 unspecified atom stereocenters. The number of alkyl halides is 3. The monoisotopic (exact) mass is 435 g/mol. The molecule has 0 radical (unpaired) electrons. The normalized spacial score (nSPS) is 14.7. The van der Waals surface area contributed by atoms with E-state index in [1.165, 1.54) is 9.47 Å². The highest BCUT2D eigenvalue weighted by atomic mass is 19.4. The summed E-state index contributed by atoms with van der Waals surface area (Å²) in [5.74, 6) is -4.38. The first-order chi connectivity index (χ1) is 14.1. The molecule has 1 aliphatic heterocycles. The summed E-state index contributed by atoms with van der Waals surface area (Å²) >= 11 is 0. The number of oxime groups is 1. The van der Waals surface area contributed by atoms with E-state index < -0.39 is 48.8 Å². The van der Waals surface area contributed by atoms with Gasteiger partial charge in [-0.25, -0.2) is 13.2 Å². The summed E-state index contributed by atoms with van der Waals surface area (Å²) in [6.07, 6.45) is -6.59. The van der Waals surface area contributed by atoms with Gasteiger partial charge in [0.05, 0.1) is 18.7 Å². The molecule has 2 aromatic rings. The summed E-state index contributed by atoms with van der Waals surface area (Å²) < 4.78 is 79.1. The van der Waals surface area contributed by atoms with Crippen molar-refractivity contribution >= 4 is 11.6 Å². The number of fused-ring (bicyclic) bond motifs is 1. The van der Waals surface area contributed by atoms with Gasteiger partial charge < -0.3 is 14.7 Å². The molecule has 1 amide bonds. The SMILES string of the molecule is O=C(C/C(Cc1cc(F)c(F)cc1F)=N\O)N1CCn2c(nnc2CC(F)(F)F)C1. The van der Waals surface area contributed by atoms with Crippen LogP contribution in [0, 0.1) is 17.5 Å². The molecule has 3 rings (SSSR count). The number of nitrogens with zero attached hydrogens (tertiary/aromatic N) is 5. The first-order valence-electron chi connectivity index (χ1n) is 8.66. The third kappa shape index (κ3) is 4.89. The van der Waals surface area contributed by atoms with Gasteiger partial charge in [0.1, 0.15) is 18.1 Å². The van der Waals surface area contributed by atoms with Crippen LogP contribution < -0.4 is 0 Å². The number of hydrogen-bond donors (Lipinski definition) is 1. The van der Waals surface area contributed by atoms with E-state index in [2.05, 4.69) is 15.4 Å². The van der Waals surface area contributed by atoms with E-state index in [9.17, 15) is 31.1 Å². The highest BCUT2D eigenvalue weighted by Gasteiger charge is 2.33. The van der Waals surface area contributed by atoms with Crippen LogP contribution in [-0.4, -0.2) is 49.2 Å². The van der Waals surface area contributed by atoms with Crippen LogP contribution in [0.5, 0.6) is 0 Å². The summed E-state index contributed by atoms with van der Waals surface area (Å²) in [6.45, 7) is -0.00218. The zero-order valence-electron chi connectivity index (χ0n) is 15.3. The molecule has 0 fully saturated rings. The van der Waals surface area contributed by atoms with Crippen molar-refractivity contribution in [2.45, 2.75) is 38.5 Å². The van der Waals surface area contributed by atoms with Crippen LogP contribution in [0.15, 0.2) is 17.3 Å². The summed E-state index contributed by atoms with van der Waals surface area (Å²) in [7, 11) is 0. The van der Waals surface area contributed by atoms with Crippen molar-refractivity contribution in [3.63, 3.8) is 0 Å². The molecule has 1 aromatic carbocycles. The number of rotatable bonds is 5. The van der Waals surface area contributed by atoms with Crippen molar-refractivity contribution in [3.05, 3.63) is 46.8 Å². The molecule has 0 saturated carbocycles. The predicted octanol–water partition coefficient (Wildman–Crippen LogP) is 2.61. The Kier molecular flexibility index (Phi) is 5.99. The highest BCUT2D eigenvalue weighted by molar-refractivity contribution is 6.01. The van der Waals surface area contributed by atoms with Crippen LogP contribution >= 0.6 is 0 Å². The molecule has 0 saturated heterocycles. The van der Waals surface area contributed by atoms with Crippen molar-refractivity contribution < 1.29 is 36.3 Å². The van der Waals surface area contributed by atoms with Crippen molar-refractivity contribution in [1.82, 2.24) is 19.7 Å². The van der Waals surface area contributed by atoms with E-state index in [1.54, 1.807) is 0 Å². The number of carbonyl (C=O) groups is 1. The largest absolute Gasteiger partial charge is 0.411 e. The van der Waals surface area contributed by atoms with Gasteiger partial charge in [0.2, 0.25) is 5.91 Å². The van der Waals surface area contributed by atoms with Gasteiger partial charge in [-0.2, -0.15) is 13.2 Å². The van der Waals surface area contributed by atoms with Gasteiger partial charge in [0.25, 0.3) is 0 Å². The van der Waals surface area contributed by atoms with Crippen molar-refractivity contribution in [3.8, 4) is 0 Å². The predicted molar refractivity (Wildman–Crippen MR) is 89.1 cm³/mol. The molecule has 1 N–H and O–H groups in total. The maximum Gasteiger partial charge on any atom is 0.396 e. The quantitative estimate of drug-likeness (QED) is 0.257. The molecular weight excluding hydrogens is 420 g/mol. The number of halogens is 6. The Morgan fingerprint density at radius 1 is 1.10 bits per heavy atom. The lowest BCUT2D eigenvalue weighted by Gasteiger charge is -2.28. The first-order valence-corrected chi connectivity index (χ1v) is 8.66. The molecular formula is C17H15F6N5O2. The minimum atomic E-state index is -4.45. The maximum atomic E-state index is 13.8. The minimum Gasteiger partial charge on any atom is -0.411 e. The van der Waals surface area contributed by atoms with Gasteiger partial charge in [-0.1, -0.05) is 5.16 Å². The smallest absolute Gasteiger partial charge is 0.396 e. The van der Waals surface area contributed by atoms with E-state index in [-0.39, 0.29) is 42.6 Å². The molecule has 0 aliphatic carbocycles. The second-order valence-corrected chi connectivity index (χ2v) is 6.67. The number of aromatic nitrogens is 3. The Balaban J connectivity index is 1.66. The minimum absolute atomic E-state index is 0.0445. The third-order valence-corrected chi connectivity index (χ3v) is 4.52.